The summed E-state index contributed by atoms with van der Waals surface area (Å²) in [5, 5.41) is 0. The van der Waals surface area contributed by atoms with E-state index in [9.17, 15) is 0 Å². The zero-order valence-electron chi connectivity index (χ0n) is 97.7. The summed E-state index contributed by atoms with van der Waals surface area (Å²) in [6.45, 7) is 46.1. The molecule has 3 atom stereocenters. The Hall–Kier alpha value is -4.71. The molecule has 0 bridgehead atoms. The van der Waals surface area contributed by atoms with Crippen molar-refractivity contribution in [3.8, 4) is 34.5 Å². The van der Waals surface area contributed by atoms with Crippen LogP contribution in [-0.2, 0) is 49.1 Å². The molecule has 6 aromatic rings. The van der Waals surface area contributed by atoms with Gasteiger partial charge >= 0.3 is 25.8 Å². The minimum absolute atomic E-state index is 0.0699. The van der Waals surface area contributed by atoms with Crippen LogP contribution >= 0.6 is 25.8 Å². The molecule has 6 aromatic carbocycles. The van der Waals surface area contributed by atoms with Crippen LogP contribution in [0.25, 0.3) is 0 Å². The van der Waals surface area contributed by atoms with E-state index >= 15 is 0 Å². The second kappa shape index (κ2) is 80.2. The summed E-state index contributed by atoms with van der Waals surface area (Å²) in [6, 6.07) is 40.7. The monoisotopic (exact) mass is 2060 g/mol. The summed E-state index contributed by atoms with van der Waals surface area (Å²) in [5.74, 6) is 4.72. The van der Waals surface area contributed by atoms with Gasteiger partial charge < -0.3 is 36.2 Å². The van der Waals surface area contributed by atoms with Crippen LogP contribution in [0.1, 0.15) is 620 Å². The average molecular weight is 2060 g/mol. The molecule has 0 fully saturated rings. The van der Waals surface area contributed by atoms with Crippen molar-refractivity contribution in [1.29, 1.82) is 0 Å². The highest BCUT2D eigenvalue weighted by molar-refractivity contribution is 7.43. The van der Waals surface area contributed by atoms with Crippen molar-refractivity contribution >= 4 is 25.8 Å². The fraction of sp³-hybridized carbons (Fsp3) is 0.729. The van der Waals surface area contributed by atoms with E-state index in [4.69, 9.17) is 40.7 Å². The molecule has 0 aliphatic rings. The lowest BCUT2D eigenvalue weighted by Crippen LogP contribution is -2.19. The Morgan fingerprint density at radius 1 is 0.214 bits per heavy atom. The number of hydrogen-bond donors (Lipinski definition) is 0. The Balaban J connectivity index is 1.40. The maximum Gasteiger partial charge on any atom is 0.530 e. The lowest BCUT2D eigenvalue weighted by Gasteiger charge is -2.33. The fourth-order valence-corrected chi connectivity index (χ4v) is 23.9. The highest BCUT2D eigenvalue weighted by atomic mass is 31.2. The van der Waals surface area contributed by atoms with Crippen LogP contribution < -0.4 is 27.1 Å². The number of rotatable bonds is 92. The molecule has 145 heavy (non-hydrogen) atoms. The van der Waals surface area contributed by atoms with Gasteiger partial charge in [0.15, 0.2) is 0 Å². The Kier molecular flexibility index (Phi) is 71.3. The molecule has 0 saturated carbocycles. The van der Waals surface area contributed by atoms with Crippen molar-refractivity contribution in [2.45, 2.75) is 609 Å². The van der Waals surface area contributed by atoms with Gasteiger partial charge in [0.2, 0.25) is 0 Å². The fourth-order valence-electron chi connectivity index (χ4n) is 20.8. The molecule has 0 aliphatic carbocycles. The Morgan fingerprint density at radius 3 is 0.648 bits per heavy atom. The first-order valence-corrected chi connectivity index (χ1v) is 64.8. The third kappa shape index (κ3) is 58.3. The first-order valence-electron chi connectivity index (χ1n) is 61.5. The normalized spacial score (nSPS) is 12.7. The number of aryl methyl sites for hydroxylation is 6. The summed E-state index contributed by atoms with van der Waals surface area (Å²) >= 11 is 0. The predicted molar refractivity (Wildman–Crippen MR) is 636 cm³/mol. The van der Waals surface area contributed by atoms with Crippen LogP contribution in [0.5, 0.6) is 34.5 Å². The molecule has 6 rings (SSSR count). The summed E-state index contributed by atoms with van der Waals surface area (Å²) < 4.78 is 64.0. The van der Waals surface area contributed by atoms with E-state index in [1.807, 2.05) is 0 Å². The summed E-state index contributed by atoms with van der Waals surface area (Å²) in [6.07, 6.45) is 90.7. The van der Waals surface area contributed by atoms with Crippen molar-refractivity contribution < 1.29 is 40.7 Å². The van der Waals surface area contributed by atoms with Gasteiger partial charge in [0.05, 0.1) is 19.8 Å². The molecular formula is C133H223O9P3. The summed E-state index contributed by atoms with van der Waals surface area (Å²) in [7, 11) is -5.54. The van der Waals surface area contributed by atoms with E-state index in [1.54, 1.807) is 0 Å². The molecule has 0 spiro atoms. The third-order valence-electron chi connectivity index (χ3n) is 30.3. The van der Waals surface area contributed by atoms with Crippen molar-refractivity contribution in [2.24, 2.45) is 0 Å². The number of benzene rings is 6. The summed E-state index contributed by atoms with van der Waals surface area (Å²) in [4.78, 5) is 0. The highest BCUT2D eigenvalue weighted by Crippen LogP contribution is 2.53. The van der Waals surface area contributed by atoms with Crippen molar-refractivity contribution in [3.05, 3.63) is 176 Å². The van der Waals surface area contributed by atoms with E-state index in [2.05, 4.69) is 241 Å². The molecule has 0 radical (unpaired) electrons. The number of hydrogen-bond acceptors (Lipinski definition) is 9. The van der Waals surface area contributed by atoms with Gasteiger partial charge in [-0.15, -0.1) is 0 Å². The first kappa shape index (κ1) is 129. The van der Waals surface area contributed by atoms with E-state index in [0.29, 0.717) is 19.8 Å². The SMILES string of the molecule is CCCCCCCCCCCCCCCCCOP(OCCCCCCCCCCCCCCCCC)Oc1cc(C)c(C(CC(C)c2cc(C(C)(C)C)c(OP(Oc3ccc(CCCCCCCCC)cc3)Oc3ccc(CCCCCCCCC)cc3)cc2C)c2cc(C(C)(C)C)c(OP(OCCCCCCCCCCCCCCCCC)Oc3ccc(CCCCCCCCC)cc3)cc2C)cc1C(C)(C)C. The van der Waals surface area contributed by atoms with E-state index in [1.165, 1.54) is 435 Å². The van der Waals surface area contributed by atoms with E-state index in [-0.39, 0.29) is 28.1 Å². The largest absolute Gasteiger partial charge is 0.530 e. The molecule has 0 N–H and O–H groups in total. The van der Waals surface area contributed by atoms with Gasteiger partial charge in [-0.3, -0.25) is 4.52 Å². The molecule has 824 valence electrons. The predicted octanol–water partition coefficient (Wildman–Crippen LogP) is 46.4. The maximum atomic E-state index is 7.42. The summed E-state index contributed by atoms with van der Waals surface area (Å²) in [5.41, 5.74) is 13.8. The topological polar surface area (TPSA) is 83.1 Å². The second-order valence-corrected chi connectivity index (χ2v) is 50.4. The van der Waals surface area contributed by atoms with Crippen molar-refractivity contribution in [2.75, 3.05) is 19.8 Å². The molecular weight excluding hydrogens is 1830 g/mol. The minimum Gasteiger partial charge on any atom is -0.426 e. The van der Waals surface area contributed by atoms with Crippen LogP contribution in [0.3, 0.4) is 0 Å². The molecule has 3 unspecified atom stereocenters. The molecule has 12 heteroatoms. The van der Waals surface area contributed by atoms with Crippen LogP contribution in [0.2, 0.25) is 0 Å². The molecule has 0 aliphatic heterocycles. The van der Waals surface area contributed by atoms with E-state index in [0.717, 1.165) is 115 Å². The lowest BCUT2D eigenvalue weighted by atomic mass is 9.74. The first-order chi connectivity index (χ1) is 70.4. The van der Waals surface area contributed by atoms with Crippen molar-refractivity contribution in [3.63, 3.8) is 0 Å². The Labute approximate surface area is 899 Å². The van der Waals surface area contributed by atoms with Crippen LogP contribution in [-0.4, -0.2) is 19.8 Å². The Morgan fingerprint density at radius 2 is 0.407 bits per heavy atom. The van der Waals surface area contributed by atoms with Gasteiger partial charge in [-0.05, 0) is 212 Å². The van der Waals surface area contributed by atoms with Crippen molar-refractivity contribution in [1.82, 2.24) is 0 Å². The zero-order valence-corrected chi connectivity index (χ0v) is 100. The molecule has 0 saturated heterocycles. The molecule has 0 heterocycles. The highest BCUT2D eigenvalue weighted by Gasteiger charge is 2.35. The molecule has 0 aromatic heterocycles. The minimum atomic E-state index is -1.98. The number of unbranched alkanes of at least 4 members (excludes halogenated alkanes) is 60. The van der Waals surface area contributed by atoms with Crippen LogP contribution in [0.15, 0.2) is 109 Å². The smallest absolute Gasteiger partial charge is 0.426 e. The van der Waals surface area contributed by atoms with E-state index < -0.39 is 25.8 Å². The quantitative estimate of drug-likeness (QED) is 0.0274. The van der Waals surface area contributed by atoms with Crippen LogP contribution in [0.4, 0.5) is 0 Å². The standard InChI is InChI=1S/C133H223O9P3/c1-20-26-32-38-44-47-50-53-56-59-62-65-71-77-83-101-134-143(135-102-84-78-72-66-63-60-57-54-51-48-45-39-33-27-21-2)140-128-106-113(9)122(109-126(128)132(14,15)16)124(123-110-127(133(17,18)19)129(107-114(123)10)141-144(137-118-95-89-115(90-96-118)86-80-74-68-41-35-29-23-4)136-103-85-79-73-67-64-61-58-55-52-49-46-40-34-28-22-3)104-111(7)121-108-125(131(11,12)13)130(105-112(121)8)142-145(138-119-97-91-116(92-98-119)87-81-75-69-42-36-30-24-5)139-120-99-93-117(94-100-120)88-82-76-70-43-37-31-25-6/h89-100,105-111,124H,20-88,101-104H2,1-19H3. The maximum absolute atomic E-state index is 7.42. The van der Waals surface area contributed by atoms with Crippen LogP contribution in [0, 0.1) is 20.8 Å². The zero-order chi connectivity index (χ0) is 104. The second-order valence-electron chi connectivity index (χ2n) is 47.2. The van der Waals surface area contributed by atoms with Gasteiger partial charge in [0.1, 0.15) is 34.5 Å². The lowest BCUT2D eigenvalue weighted by molar-refractivity contribution is 0.197. The Bertz CT molecular complexity index is 4020. The van der Waals surface area contributed by atoms with Gasteiger partial charge in [0.25, 0.3) is 0 Å². The van der Waals surface area contributed by atoms with Gasteiger partial charge in [-0.25, -0.2) is 0 Å². The third-order valence-corrected chi connectivity index (χ3v) is 33.6. The van der Waals surface area contributed by atoms with Gasteiger partial charge in [-0.1, -0.05) is 551 Å². The molecule has 9 nitrogen and oxygen atoms in total. The van der Waals surface area contributed by atoms with Gasteiger partial charge in [-0.2, -0.15) is 0 Å². The molecule has 0 amide bonds. The average Bonchev–Trinajstić information content (AvgIpc) is 0.762. The van der Waals surface area contributed by atoms with Gasteiger partial charge in [0, 0.05) is 22.6 Å².